The highest BCUT2D eigenvalue weighted by Crippen LogP contribution is 2.41. The van der Waals surface area contributed by atoms with Gasteiger partial charge < -0.3 is 4.74 Å². The Labute approximate surface area is 204 Å². The molecule has 0 spiro atoms. The lowest BCUT2D eigenvalue weighted by Crippen LogP contribution is -2.04. The molecular weight excluding hydrogens is 485 g/mol. The van der Waals surface area contributed by atoms with E-state index in [2.05, 4.69) is 4.98 Å². The number of aryl methyl sites for hydroxylation is 1. The molecular formula is C25H18Cl2F2N2OS. The molecule has 0 aliphatic rings. The minimum atomic E-state index is -0.934. The van der Waals surface area contributed by atoms with Gasteiger partial charge in [0.05, 0.1) is 16.3 Å². The molecule has 0 aliphatic carbocycles. The Morgan fingerprint density at radius 2 is 1.67 bits per heavy atom. The average Bonchev–Trinajstić information content (AvgIpc) is 2.80. The Balaban J connectivity index is 1.88. The van der Waals surface area contributed by atoms with Gasteiger partial charge in [0.2, 0.25) is 5.88 Å². The Morgan fingerprint density at radius 1 is 0.909 bits per heavy atom. The summed E-state index contributed by atoms with van der Waals surface area (Å²) in [7, 11) is 0. The maximum atomic E-state index is 13.7. The molecule has 1 heterocycles. The molecule has 1 aromatic heterocycles. The molecule has 0 saturated heterocycles. The van der Waals surface area contributed by atoms with Crippen LogP contribution in [0.25, 0.3) is 22.4 Å². The molecule has 0 aliphatic heterocycles. The van der Waals surface area contributed by atoms with Gasteiger partial charge in [0.15, 0.2) is 16.8 Å². The number of rotatable bonds is 6. The maximum Gasteiger partial charge on any atom is 0.226 e. The highest BCUT2D eigenvalue weighted by Gasteiger charge is 2.21. The van der Waals surface area contributed by atoms with E-state index in [0.717, 1.165) is 23.3 Å². The second-order valence-electron chi connectivity index (χ2n) is 7.27. The van der Waals surface area contributed by atoms with Crippen molar-refractivity contribution in [2.45, 2.75) is 18.7 Å². The molecule has 0 atom stereocenters. The van der Waals surface area contributed by atoms with Crippen LogP contribution >= 0.6 is 35.0 Å². The van der Waals surface area contributed by atoms with E-state index >= 15 is 0 Å². The Hall–Kier alpha value is -2.67. The lowest BCUT2D eigenvalue weighted by Gasteiger charge is -2.17. The first-order valence-electron chi connectivity index (χ1n) is 9.91. The third kappa shape index (κ3) is 5.29. The van der Waals surface area contributed by atoms with E-state index in [1.54, 1.807) is 18.2 Å². The van der Waals surface area contributed by atoms with Crippen molar-refractivity contribution < 1.29 is 13.5 Å². The van der Waals surface area contributed by atoms with E-state index < -0.39 is 11.6 Å². The molecule has 3 aromatic carbocycles. The highest BCUT2D eigenvalue weighted by atomic mass is 35.5. The number of hydrogen-bond donors (Lipinski definition) is 0. The zero-order valence-corrected chi connectivity index (χ0v) is 20.0. The zero-order chi connectivity index (χ0) is 23.5. The predicted molar refractivity (Wildman–Crippen MR) is 130 cm³/mol. The van der Waals surface area contributed by atoms with Crippen molar-refractivity contribution in [1.82, 2.24) is 9.97 Å². The lowest BCUT2D eigenvalue weighted by atomic mass is 9.99. The molecule has 4 rings (SSSR count). The molecule has 0 amide bonds. The minimum absolute atomic E-state index is 0.00527. The molecule has 168 valence electrons. The standard InChI is InChI=1S/C25H18Cl2F2N2OS/c1-14-3-6-16(7-4-14)22-23(18-9-8-17(26)12-19(18)27)30-25(33-2)31-24(22)32-13-15-5-10-20(28)21(29)11-15/h3-12H,13H2,1-2H3. The third-order valence-corrected chi connectivity index (χ3v) is 6.02. The second kappa shape index (κ2) is 10.1. The van der Waals surface area contributed by atoms with E-state index in [-0.39, 0.29) is 6.61 Å². The van der Waals surface area contributed by atoms with Crippen molar-refractivity contribution in [3.63, 3.8) is 0 Å². The van der Waals surface area contributed by atoms with Gasteiger partial charge in [0, 0.05) is 10.6 Å². The summed E-state index contributed by atoms with van der Waals surface area (Å²) >= 11 is 14.0. The van der Waals surface area contributed by atoms with Gasteiger partial charge in [-0.3, -0.25) is 0 Å². The second-order valence-corrected chi connectivity index (χ2v) is 8.88. The number of benzene rings is 3. The van der Waals surface area contributed by atoms with Gasteiger partial charge in [-0.1, -0.05) is 70.9 Å². The van der Waals surface area contributed by atoms with Gasteiger partial charge in [0.25, 0.3) is 0 Å². The van der Waals surface area contributed by atoms with Crippen molar-refractivity contribution in [2.24, 2.45) is 0 Å². The van der Waals surface area contributed by atoms with Gasteiger partial charge in [-0.2, -0.15) is 4.98 Å². The van der Waals surface area contributed by atoms with Gasteiger partial charge >= 0.3 is 0 Å². The van der Waals surface area contributed by atoms with Gasteiger partial charge in [0.1, 0.15) is 6.61 Å². The first kappa shape index (κ1) is 23.5. The van der Waals surface area contributed by atoms with Gasteiger partial charge in [-0.05, 0) is 54.6 Å². The maximum absolute atomic E-state index is 13.7. The molecule has 8 heteroatoms. The van der Waals surface area contributed by atoms with Crippen molar-refractivity contribution in [2.75, 3.05) is 6.26 Å². The summed E-state index contributed by atoms with van der Waals surface area (Å²) in [4.78, 5) is 9.30. The Bertz CT molecular complexity index is 1320. The number of aromatic nitrogens is 2. The summed E-state index contributed by atoms with van der Waals surface area (Å²) in [5.41, 5.74) is 4.29. The average molecular weight is 503 g/mol. The summed E-state index contributed by atoms with van der Waals surface area (Å²) in [5.74, 6) is -1.54. The number of ether oxygens (including phenoxy) is 1. The van der Waals surface area contributed by atoms with Crippen LogP contribution in [0.5, 0.6) is 5.88 Å². The predicted octanol–water partition coefficient (Wildman–Crippen LogP) is 8.00. The molecule has 4 aromatic rings. The molecule has 0 unspecified atom stereocenters. The van der Waals surface area contributed by atoms with Crippen molar-refractivity contribution >= 4 is 35.0 Å². The van der Waals surface area contributed by atoms with Crippen LogP contribution in [0.15, 0.2) is 65.8 Å². The fourth-order valence-corrected chi connectivity index (χ4v) is 4.11. The first-order valence-corrected chi connectivity index (χ1v) is 11.9. The summed E-state index contributed by atoms with van der Waals surface area (Å²) < 4.78 is 33.1. The van der Waals surface area contributed by atoms with Gasteiger partial charge in [-0.15, -0.1) is 0 Å². The molecule has 0 bridgehead atoms. The Kier molecular flexibility index (Phi) is 7.17. The van der Waals surface area contributed by atoms with E-state index in [4.69, 9.17) is 32.9 Å². The highest BCUT2D eigenvalue weighted by molar-refractivity contribution is 7.98. The SMILES string of the molecule is CSc1nc(OCc2ccc(F)c(F)c2)c(-c2ccc(C)cc2)c(-c2ccc(Cl)cc2Cl)n1. The van der Waals surface area contributed by atoms with Crippen LogP contribution in [-0.2, 0) is 6.61 Å². The van der Waals surface area contributed by atoms with E-state index in [1.807, 2.05) is 37.4 Å². The van der Waals surface area contributed by atoms with Crippen LogP contribution in [0.2, 0.25) is 10.0 Å². The van der Waals surface area contributed by atoms with Crippen LogP contribution in [0, 0.1) is 18.6 Å². The Morgan fingerprint density at radius 3 is 2.33 bits per heavy atom. The topological polar surface area (TPSA) is 35.0 Å². The van der Waals surface area contributed by atoms with E-state index in [9.17, 15) is 8.78 Å². The number of hydrogen-bond acceptors (Lipinski definition) is 4. The fourth-order valence-electron chi connectivity index (χ4n) is 3.25. The van der Waals surface area contributed by atoms with Gasteiger partial charge in [-0.25, -0.2) is 13.8 Å². The number of thioether (sulfide) groups is 1. The van der Waals surface area contributed by atoms with Crippen molar-refractivity contribution in [1.29, 1.82) is 0 Å². The molecule has 0 fully saturated rings. The quantitative estimate of drug-likeness (QED) is 0.197. The minimum Gasteiger partial charge on any atom is -0.472 e. The fraction of sp³-hybridized carbons (Fsp3) is 0.120. The summed E-state index contributed by atoms with van der Waals surface area (Å²) in [6.07, 6.45) is 1.85. The largest absolute Gasteiger partial charge is 0.472 e. The van der Waals surface area contributed by atoms with Crippen LogP contribution in [-0.4, -0.2) is 16.2 Å². The molecule has 0 saturated carbocycles. The van der Waals surface area contributed by atoms with Crippen LogP contribution in [0.3, 0.4) is 0 Å². The summed E-state index contributed by atoms with van der Waals surface area (Å²) in [6, 6.07) is 16.7. The van der Waals surface area contributed by atoms with Crippen molar-refractivity contribution in [3.8, 4) is 28.3 Å². The van der Waals surface area contributed by atoms with Crippen LogP contribution < -0.4 is 4.74 Å². The summed E-state index contributed by atoms with van der Waals surface area (Å²) in [5, 5.41) is 1.43. The van der Waals surface area contributed by atoms with E-state index in [0.29, 0.717) is 43.5 Å². The van der Waals surface area contributed by atoms with Crippen molar-refractivity contribution in [3.05, 3.63) is 93.5 Å². The van der Waals surface area contributed by atoms with E-state index in [1.165, 1.54) is 17.8 Å². The van der Waals surface area contributed by atoms with Crippen LogP contribution in [0.1, 0.15) is 11.1 Å². The lowest BCUT2D eigenvalue weighted by molar-refractivity contribution is 0.291. The zero-order valence-electron chi connectivity index (χ0n) is 17.7. The summed E-state index contributed by atoms with van der Waals surface area (Å²) in [6.45, 7) is 1.99. The smallest absolute Gasteiger partial charge is 0.226 e. The number of nitrogens with zero attached hydrogens (tertiary/aromatic N) is 2. The first-order chi connectivity index (χ1) is 15.9. The normalized spacial score (nSPS) is 11.0. The molecule has 0 radical (unpaired) electrons. The number of halogens is 4. The molecule has 3 nitrogen and oxygen atoms in total. The van der Waals surface area contributed by atoms with Crippen LogP contribution in [0.4, 0.5) is 8.78 Å². The molecule has 33 heavy (non-hydrogen) atoms. The third-order valence-electron chi connectivity index (χ3n) is 4.92. The monoisotopic (exact) mass is 502 g/mol. The molecule has 0 N–H and O–H groups in total.